The van der Waals surface area contributed by atoms with Crippen molar-refractivity contribution >= 4 is 22.6 Å². The Balaban J connectivity index is 1.54. The smallest absolute Gasteiger partial charge is 0.163 e. The molecule has 0 bridgehead atoms. The lowest BCUT2D eigenvalue weighted by Gasteiger charge is -2.26. The van der Waals surface area contributed by atoms with Crippen molar-refractivity contribution in [3.05, 3.63) is 59.1 Å². The first kappa shape index (κ1) is 19.8. The second-order valence-corrected chi connectivity index (χ2v) is 8.63. The summed E-state index contributed by atoms with van der Waals surface area (Å²) in [4.78, 5) is 8.38. The summed E-state index contributed by atoms with van der Waals surface area (Å²) < 4.78 is 41.4. The predicted octanol–water partition coefficient (Wildman–Crippen LogP) is 4.18. The van der Waals surface area contributed by atoms with Gasteiger partial charge in [0.15, 0.2) is 17.4 Å². The van der Waals surface area contributed by atoms with Crippen LogP contribution in [0.2, 0.25) is 5.15 Å². The molecule has 5 rings (SSSR count). The van der Waals surface area contributed by atoms with Gasteiger partial charge < -0.3 is 19.1 Å². The number of ether oxygens (including phenoxy) is 2. The molecule has 5 atom stereocenters. The zero-order valence-corrected chi connectivity index (χ0v) is 17.1. The van der Waals surface area contributed by atoms with E-state index in [1.54, 1.807) is 0 Å². The Bertz CT molecular complexity index is 1120. The fraction of sp³-hybridized carbons (Fsp3) is 0.429. The van der Waals surface area contributed by atoms with E-state index < -0.39 is 29.6 Å². The number of aliphatic hydroxyl groups is 1. The van der Waals surface area contributed by atoms with Crippen molar-refractivity contribution in [1.82, 2.24) is 14.5 Å². The molecule has 158 valence electrons. The number of aromatic nitrogens is 3. The van der Waals surface area contributed by atoms with E-state index in [1.165, 1.54) is 12.4 Å². The SMILES string of the molecule is CC1(C)O[C@@H]2[C@@H]([C@@H](O)c3ccc(F)c(F)c3)C[C@@H](n3ccc4c(Cl)ncnc43)[C@@H]2O1. The third kappa shape index (κ3) is 3.10. The summed E-state index contributed by atoms with van der Waals surface area (Å²) in [5.41, 5.74) is 0.962. The maximum Gasteiger partial charge on any atom is 0.163 e. The van der Waals surface area contributed by atoms with E-state index in [-0.39, 0.29) is 18.1 Å². The van der Waals surface area contributed by atoms with Crippen molar-refractivity contribution in [2.45, 2.75) is 50.4 Å². The zero-order valence-electron chi connectivity index (χ0n) is 16.3. The summed E-state index contributed by atoms with van der Waals surface area (Å²) in [6, 6.07) is 5.09. The normalized spacial score (nSPS) is 28.7. The first-order valence-electron chi connectivity index (χ1n) is 9.71. The number of fused-ring (bicyclic) bond motifs is 2. The van der Waals surface area contributed by atoms with Crippen molar-refractivity contribution in [2.75, 3.05) is 0 Å². The minimum absolute atomic E-state index is 0.190. The molecule has 1 aliphatic carbocycles. The Morgan fingerprint density at radius 1 is 1.17 bits per heavy atom. The number of aliphatic hydroxyl groups excluding tert-OH is 1. The number of hydrogen-bond acceptors (Lipinski definition) is 5. The first-order valence-corrected chi connectivity index (χ1v) is 10.1. The van der Waals surface area contributed by atoms with Crippen molar-refractivity contribution < 1.29 is 23.4 Å². The monoisotopic (exact) mass is 435 g/mol. The maximum absolute atomic E-state index is 13.8. The van der Waals surface area contributed by atoms with Gasteiger partial charge in [-0.2, -0.15) is 0 Å². The average Bonchev–Trinajstić information content (AvgIpc) is 3.34. The van der Waals surface area contributed by atoms with E-state index in [1.807, 2.05) is 30.7 Å². The number of hydrogen-bond donors (Lipinski definition) is 1. The molecule has 1 saturated heterocycles. The summed E-state index contributed by atoms with van der Waals surface area (Å²) in [6.07, 6.45) is 1.94. The van der Waals surface area contributed by atoms with Gasteiger partial charge in [0, 0.05) is 12.1 Å². The van der Waals surface area contributed by atoms with Gasteiger partial charge in [0.05, 0.1) is 23.6 Å². The van der Waals surface area contributed by atoms with Gasteiger partial charge in [-0.1, -0.05) is 17.7 Å². The van der Waals surface area contributed by atoms with E-state index in [0.717, 1.165) is 17.5 Å². The Morgan fingerprint density at radius 3 is 2.70 bits per heavy atom. The maximum atomic E-state index is 13.8. The van der Waals surface area contributed by atoms with E-state index in [4.69, 9.17) is 21.1 Å². The van der Waals surface area contributed by atoms with Crippen LogP contribution in [0.15, 0.2) is 36.8 Å². The molecule has 1 saturated carbocycles. The van der Waals surface area contributed by atoms with Gasteiger partial charge in [-0.25, -0.2) is 18.7 Å². The van der Waals surface area contributed by atoms with Gasteiger partial charge in [-0.3, -0.25) is 0 Å². The van der Waals surface area contributed by atoms with Gasteiger partial charge in [0.2, 0.25) is 0 Å². The van der Waals surface area contributed by atoms with Crippen LogP contribution in [0.4, 0.5) is 8.78 Å². The number of benzene rings is 1. The fourth-order valence-electron chi connectivity index (χ4n) is 4.72. The molecular formula is C21H20ClF2N3O3. The molecule has 0 amide bonds. The van der Waals surface area contributed by atoms with Crippen LogP contribution < -0.4 is 0 Å². The molecule has 0 radical (unpaired) electrons. The second kappa shape index (κ2) is 6.95. The van der Waals surface area contributed by atoms with Crippen LogP contribution in [0, 0.1) is 17.6 Å². The Kier molecular flexibility index (Phi) is 4.59. The highest BCUT2D eigenvalue weighted by Gasteiger charge is 2.56. The predicted molar refractivity (Wildman–Crippen MR) is 105 cm³/mol. The Labute approximate surface area is 176 Å². The minimum atomic E-state index is -1.05. The third-order valence-corrected chi connectivity index (χ3v) is 6.29. The lowest BCUT2D eigenvalue weighted by Crippen LogP contribution is -2.29. The van der Waals surface area contributed by atoms with Crippen molar-refractivity contribution in [2.24, 2.45) is 5.92 Å². The Hall–Kier alpha value is -2.13. The van der Waals surface area contributed by atoms with Crippen molar-refractivity contribution in [3.63, 3.8) is 0 Å². The van der Waals surface area contributed by atoms with Crippen molar-refractivity contribution in [1.29, 1.82) is 0 Å². The van der Waals surface area contributed by atoms with Gasteiger partial charge in [-0.15, -0.1) is 0 Å². The standard InChI is InChI=1S/C21H20ClF2N3O3/c1-21(2)29-17-12(16(28)10-3-4-13(23)14(24)7-10)8-15(18(17)30-21)27-6-5-11-19(22)25-9-26-20(11)27/h3-7,9,12,15-18,28H,8H2,1-2H3/t12-,15-,16+,17-,18+/m1/s1. The van der Waals surface area contributed by atoms with Gasteiger partial charge in [0.1, 0.15) is 23.2 Å². The van der Waals surface area contributed by atoms with Crippen LogP contribution in [-0.2, 0) is 9.47 Å². The summed E-state index contributed by atoms with van der Waals surface area (Å²) >= 11 is 6.19. The largest absolute Gasteiger partial charge is 0.388 e. The molecule has 6 nitrogen and oxygen atoms in total. The number of nitrogens with zero attached hydrogens (tertiary/aromatic N) is 3. The van der Waals surface area contributed by atoms with Gasteiger partial charge >= 0.3 is 0 Å². The molecule has 0 unspecified atom stereocenters. The van der Waals surface area contributed by atoms with Crippen molar-refractivity contribution in [3.8, 4) is 0 Å². The third-order valence-electron chi connectivity index (χ3n) is 5.99. The molecule has 2 aliphatic rings. The summed E-state index contributed by atoms with van der Waals surface area (Å²) in [5, 5.41) is 12.1. The zero-order chi connectivity index (χ0) is 21.2. The molecule has 1 aromatic carbocycles. The fourth-order valence-corrected chi connectivity index (χ4v) is 4.92. The summed E-state index contributed by atoms with van der Waals surface area (Å²) in [6.45, 7) is 3.63. The molecule has 2 aromatic heterocycles. The molecule has 3 heterocycles. The molecule has 0 spiro atoms. The Morgan fingerprint density at radius 2 is 1.93 bits per heavy atom. The minimum Gasteiger partial charge on any atom is -0.388 e. The number of halogens is 3. The highest BCUT2D eigenvalue weighted by molar-refractivity contribution is 6.33. The van der Waals surface area contributed by atoms with Crippen LogP contribution in [0.5, 0.6) is 0 Å². The molecular weight excluding hydrogens is 416 g/mol. The molecule has 9 heteroatoms. The van der Waals surface area contributed by atoms with E-state index in [9.17, 15) is 13.9 Å². The summed E-state index contributed by atoms with van der Waals surface area (Å²) in [5.74, 6) is -3.17. The molecule has 1 aliphatic heterocycles. The van der Waals surface area contributed by atoms with Crippen LogP contribution >= 0.6 is 11.6 Å². The lowest BCUT2D eigenvalue weighted by molar-refractivity contribution is -0.165. The number of rotatable bonds is 3. The van der Waals surface area contributed by atoms with Gasteiger partial charge in [0.25, 0.3) is 0 Å². The molecule has 2 fully saturated rings. The van der Waals surface area contributed by atoms with E-state index >= 15 is 0 Å². The van der Waals surface area contributed by atoms with Crippen LogP contribution in [0.1, 0.15) is 38.0 Å². The molecule has 1 N–H and O–H groups in total. The van der Waals surface area contributed by atoms with Gasteiger partial charge in [-0.05, 0) is 44.0 Å². The lowest BCUT2D eigenvalue weighted by atomic mass is 9.92. The molecule has 3 aromatic rings. The van der Waals surface area contributed by atoms with Crippen LogP contribution in [-0.4, -0.2) is 37.6 Å². The first-order chi connectivity index (χ1) is 14.2. The highest BCUT2D eigenvalue weighted by Crippen LogP contribution is 2.51. The second-order valence-electron chi connectivity index (χ2n) is 8.27. The topological polar surface area (TPSA) is 69.4 Å². The van der Waals surface area contributed by atoms with Crippen LogP contribution in [0.25, 0.3) is 11.0 Å². The summed E-state index contributed by atoms with van der Waals surface area (Å²) in [7, 11) is 0. The molecule has 30 heavy (non-hydrogen) atoms. The quantitative estimate of drug-likeness (QED) is 0.625. The average molecular weight is 436 g/mol. The van der Waals surface area contributed by atoms with E-state index in [2.05, 4.69) is 9.97 Å². The van der Waals surface area contributed by atoms with Crippen LogP contribution in [0.3, 0.4) is 0 Å². The van der Waals surface area contributed by atoms with E-state index in [0.29, 0.717) is 22.8 Å². The highest BCUT2D eigenvalue weighted by atomic mass is 35.5.